The van der Waals surface area contributed by atoms with Gasteiger partial charge in [-0.25, -0.2) is 0 Å². The summed E-state index contributed by atoms with van der Waals surface area (Å²) in [4.78, 5) is 25.8. The van der Waals surface area contributed by atoms with Crippen molar-refractivity contribution in [3.63, 3.8) is 0 Å². The minimum Gasteiger partial charge on any atom is -0.352 e. The number of fused-ring (bicyclic) bond motifs is 1. The van der Waals surface area contributed by atoms with E-state index in [9.17, 15) is 9.59 Å². The van der Waals surface area contributed by atoms with Gasteiger partial charge in [0.25, 0.3) is 5.91 Å². The molecule has 0 bridgehead atoms. The second-order valence-corrected chi connectivity index (χ2v) is 7.74. The normalized spacial score (nSPS) is 13.4. The van der Waals surface area contributed by atoms with Gasteiger partial charge in [-0.1, -0.05) is 54.4 Å². The number of benzene rings is 2. The van der Waals surface area contributed by atoms with Crippen LogP contribution in [-0.4, -0.2) is 33.0 Å². The van der Waals surface area contributed by atoms with Gasteiger partial charge < -0.3 is 9.88 Å². The summed E-state index contributed by atoms with van der Waals surface area (Å²) in [5.41, 5.74) is 2.47. The van der Waals surface area contributed by atoms with E-state index >= 15 is 0 Å². The van der Waals surface area contributed by atoms with Crippen LogP contribution in [0.25, 0.3) is 0 Å². The average Bonchev–Trinajstić information content (AvgIpc) is 2.99. The number of rotatable bonds is 6. The zero-order chi connectivity index (χ0) is 20.9. The maximum Gasteiger partial charge on any atom is 0.252 e. The Kier molecular flexibility index (Phi) is 6.02. The average molecular weight is 402 g/mol. The topological polar surface area (TPSA) is 76.9 Å². The highest BCUT2D eigenvalue weighted by molar-refractivity contribution is 6.15. The van der Waals surface area contributed by atoms with Crippen molar-refractivity contribution in [3.05, 3.63) is 82.4 Å². The lowest BCUT2D eigenvalue weighted by atomic mass is 9.97. The Labute approximate surface area is 176 Å². The van der Waals surface area contributed by atoms with Gasteiger partial charge in [0.15, 0.2) is 5.78 Å². The van der Waals surface area contributed by atoms with Crippen LogP contribution < -0.4 is 5.32 Å². The summed E-state index contributed by atoms with van der Waals surface area (Å²) in [5.74, 6) is 1.56. The van der Waals surface area contributed by atoms with E-state index in [2.05, 4.69) is 20.1 Å². The smallest absolute Gasteiger partial charge is 0.252 e. The number of aromatic nitrogens is 3. The molecule has 0 spiro atoms. The number of aryl methyl sites for hydroxylation is 2. The highest BCUT2D eigenvalue weighted by Crippen LogP contribution is 2.17. The van der Waals surface area contributed by atoms with E-state index in [0.29, 0.717) is 29.7 Å². The third-order valence-electron chi connectivity index (χ3n) is 5.55. The molecule has 0 fully saturated rings. The first-order valence-corrected chi connectivity index (χ1v) is 10.5. The van der Waals surface area contributed by atoms with E-state index in [4.69, 9.17) is 0 Å². The van der Waals surface area contributed by atoms with Crippen LogP contribution in [0.3, 0.4) is 0 Å². The summed E-state index contributed by atoms with van der Waals surface area (Å²) >= 11 is 0. The van der Waals surface area contributed by atoms with Gasteiger partial charge in [0, 0.05) is 37.1 Å². The molecule has 0 aliphatic carbocycles. The highest BCUT2D eigenvalue weighted by Gasteiger charge is 2.19. The van der Waals surface area contributed by atoms with Crippen LogP contribution in [0.5, 0.6) is 0 Å². The van der Waals surface area contributed by atoms with Crippen molar-refractivity contribution in [2.75, 3.05) is 6.54 Å². The lowest BCUT2D eigenvalue weighted by Gasteiger charge is -2.11. The molecule has 0 radical (unpaired) electrons. The van der Waals surface area contributed by atoms with Crippen LogP contribution in [0, 0.1) is 6.92 Å². The third-order valence-corrected chi connectivity index (χ3v) is 5.55. The molecule has 2 heterocycles. The summed E-state index contributed by atoms with van der Waals surface area (Å²) < 4.78 is 2.19. The van der Waals surface area contributed by atoms with E-state index in [0.717, 1.165) is 43.0 Å². The number of carbonyl (C=O) groups is 2. The maximum atomic E-state index is 12.9. The van der Waals surface area contributed by atoms with Gasteiger partial charge in [-0.2, -0.15) is 0 Å². The fourth-order valence-corrected chi connectivity index (χ4v) is 3.85. The number of carbonyl (C=O) groups excluding carboxylic acids is 2. The fourth-order valence-electron chi connectivity index (χ4n) is 3.85. The molecule has 1 amide bonds. The quantitative estimate of drug-likeness (QED) is 0.640. The minimum absolute atomic E-state index is 0.150. The molecule has 1 aromatic heterocycles. The molecule has 1 aliphatic rings. The second-order valence-electron chi connectivity index (χ2n) is 7.74. The zero-order valence-electron chi connectivity index (χ0n) is 17.2. The Hall–Kier alpha value is -3.28. The monoisotopic (exact) mass is 402 g/mol. The van der Waals surface area contributed by atoms with Crippen molar-refractivity contribution < 1.29 is 9.59 Å². The van der Waals surface area contributed by atoms with Crippen molar-refractivity contribution in [3.8, 4) is 0 Å². The van der Waals surface area contributed by atoms with Crippen LogP contribution in [-0.2, 0) is 19.4 Å². The largest absolute Gasteiger partial charge is 0.352 e. The Morgan fingerprint density at radius 2 is 1.73 bits per heavy atom. The Morgan fingerprint density at radius 1 is 0.967 bits per heavy atom. The molecule has 0 unspecified atom stereocenters. The van der Waals surface area contributed by atoms with E-state index < -0.39 is 0 Å². The number of hydrogen-bond acceptors (Lipinski definition) is 4. The van der Waals surface area contributed by atoms with Crippen molar-refractivity contribution in [1.82, 2.24) is 20.1 Å². The molecule has 2 aromatic carbocycles. The second kappa shape index (κ2) is 9.03. The van der Waals surface area contributed by atoms with Gasteiger partial charge in [-0.15, -0.1) is 10.2 Å². The van der Waals surface area contributed by atoms with E-state index in [1.165, 1.54) is 6.42 Å². The number of nitrogens with one attached hydrogen (secondary N) is 1. The summed E-state index contributed by atoms with van der Waals surface area (Å²) in [7, 11) is 0. The van der Waals surface area contributed by atoms with Gasteiger partial charge in [0.05, 0.1) is 5.56 Å². The third kappa shape index (κ3) is 4.32. The molecule has 1 aliphatic heterocycles. The summed E-state index contributed by atoms with van der Waals surface area (Å²) in [6.45, 7) is 3.37. The van der Waals surface area contributed by atoms with Crippen LogP contribution in [0.4, 0.5) is 0 Å². The van der Waals surface area contributed by atoms with Crippen LogP contribution in [0.1, 0.15) is 62.8 Å². The van der Waals surface area contributed by atoms with Crippen LogP contribution >= 0.6 is 0 Å². The molecule has 4 rings (SSSR count). The lowest BCUT2D eigenvalue weighted by Crippen LogP contribution is -2.28. The predicted octanol–water partition coefficient (Wildman–Crippen LogP) is 3.52. The number of ketones is 1. The first kappa shape index (κ1) is 20.0. The van der Waals surface area contributed by atoms with Gasteiger partial charge >= 0.3 is 0 Å². The first-order valence-electron chi connectivity index (χ1n) is 10.5. The Bertz CT molecular complexity index is 1050. The SMILES string of the molecule is Cc1ccc(C(=O)c2ccccc2C(=O)NCCc2nnc3n2CCCCC3)cc1. The summed E-state index contributed by atoms with van der Waals surface area (Å²) in [6.07, 6.45) is 5.09. The van der Waals surface area contributed by atoms with Crippen molar-refractivity contribution in [1.29, 1.82) is 0 Å². The van der Waals surface area contributed by atoms with Gasteiger partial charge in [-0.05, 0) is 25.8 Å². The molecule has 0 saturated heterocycles. The first-order chi connectivity index (χ1) is 14.6. The molecule has 1 N–H and O–H groups in total. The minimum atomic E-state index is -0.248. The summed E-state index contributed by atoms with van der Waals surface area (Å²) in [6, 6.07) is 14.3. The van der Waals surface area contributed by atoms with E-state index in [1.807, 2.05) is 19.1 Å². The summed E-state index contributed by atoms with van der Waals surface area (Å²) in [5, 5.41) is 11.6. The molecule has 3 aromatic rings. The molecular formula is C24H26N4O2. The standard InChI is InChI=1S/C24H26N4O2/c1-17-10-12-18(13-11-17)23(29)19-7-4-5-8-20(19)24(30)25-15-14-22-27-26-21-9-3-2-6-16-28(21)22/h4-5,7-8,10-13H,2-3,6,9,14-16H2,1H3,(H,25,30). The molecular weight excluding hydrogens is 376 g/mol. The van der Waals surface area contributed by atoms with Crippen LogP contribution in [0.15, 0.2) is 48.5 Å². The number of amides is 1. The predicted molar refractivity (Wildman–Crippen MR) is 115 cm³/mol. The molecule has 6 nitrogen and oxygen atoms in total. The van der Waals surface area contributed by atoms with Gasteiger partial charge in [0.2, 0.25) is 0 Å². The molecule has 30 heavy (non-hydrogen) atoms. The van der Waals surface area contributed by atoms with Crippen molar-refractivity contribution >= 4 is 11.7 Å². The van der Waals surface area contributed by atoms with E-state index in [-0.39, 0.29) is 11.7 Å². The highest BCUT2D eigenvalue weighted by atomic mass is 16.2. The van der Waals surface area contributed by atoms with Crippen LogP contribution in [0.2, 0.25) is 0 Å². The Balaban J connectivity index is 1.44. The maximum absolute atomic E-state index is 12.9. The lowest BCUT2D eigenvalue weighted by molar-refractivity contribution is 0.0942. The molecule has 0 saturated carbocycles. The molecule has 154 valence electrons. The van der Waals surface area contributed by atoms with Gasteiger partial charge in [0.1, 0.15) is 11.6 Å². The van der Waals surface area contributed by atoms with E-state index in [1.54, 1.807) is 36.4 Å². The number of nitrogens with zero attached hydrogens (tertiary/aromatic N) is 3. The van der Waals surface area contributed by atoms with Crippen molar-refractivity contribution in [2.45, 2.75) is 45.6 Å². The van der Waals surface area contributed by atoms with Crippen molar-refractivity contribution in [2.24, 2.45) is 0 Å². The zero-order valence-corrected chi connectivity index (χ0v) is 17.2. The van der Waals surface area contributed by atoms with Gasteiger partial charge in [-0.3, -0.25) is 9.59 Å². The molecule has 6 heteroatoms. The Morgan fingerprint density at radius 3 is 2.53 bits per heavy atom. The molecule has 0 atom stereocenters. The fraction of sp³-hybridized carbons (Fsp3) is 0.333. The number of hydrogen-bond donors (Lipinski definition) is 1.